The molecule has 1 aromatic carbocycles. The van der Waals surface area contributed by atoms with E-state index < -0.39 is 0 Å². The van der Waals surface area contributed by atoms with E-state index >= 15 is 0 Å². The van der Waals surface area contributed by atoms with E-state index in [1.54, 1.807) is 12.1 Å². The zero-order valence-corrected chi connectivity index (χ0v) is 8.50. The van der Waals surface area contributed by atoms with E-state index in [9.17, 15) is 0 Å². The van der Waals surface area contributed by atoms with Gasteiger partial charge in [0.15, 0.2) is 0 Å². The summed E-state index contributed by atoms with van der Waals surface area (Å²) in [7, 11) is 0. The molecule has 4 heteroatoms. The van der Waals surface area contributed by atoms with Crippen molar-refractivity contribution in [2.75, 3.05) is 11.2 Å². The molecule has 1 N–H and O–H groups in total. The lowest BCUT2D eigenvalue weighted by molar-refractivity contribution is 1.12. The molecular weight excluding hydrogens is 216 g/mol. The number of hydrogen-bond donors (Lipinski definition) is 1. The van der Waals surface area contributed by atoms with Crippen LogP contribution in [0.3, 0.4) is 0 Å². The predicted molar refractivity (Wildman–Crippen MR) is 55.4 cm³/mol. The van der Waals surface area contributed by atoms with Crippen LogP contribution in [0.1, 0.15) is 0 Å². The van der Waals surface area contributed by atoms with Crippen molar-refractivity contribution >= 4 is 40.5 Å². The molecule has 1 unspecified atom stereocenters. The standard InChI is InChI=1S/C8H8Cl3N/c9-5-8(11)12-7-3-1-2-6(10)4-7/h1-4,8,12H,5H2. The first kappa shape index (κ1) is 9.97. The first-order valence-corrected chi connectivity index (χ1v) is 4.79. The van der Waals surface area contributed by atoms with Gasteiger partial charge in [-0.1, -0.05) is 29.3 Å². The molecule has 66 valence electrons. The molecular formula is C8H8Cl3N. The van der Waals surface area contributed by atoms with E-state index in [0.29, 0.717) is 10.9 Å². The van der Waals surface area contributed by atoms with E-state index in [0.717, 1.165) is 5.69 Å². The molecule has 0 spiro atoms. The second kappa shape index (κ2) is 4.80. The van der Waals surface area contributed by atoms with Gasteiger partial charge in [0, 0.05) is 10.7 Å². The molecule has 12 heavy (non-hydrogen) atoms. The summed E-state index contributed by atoms with van der Waals surface area (Å²) in [5, 5.41) is 3.66. The van der Waals surface area contributed by atoms with Crippen molar-refractivity contribution in [2.45, 2.75) is 5.50 Å². The van der Waals surface area contributed by atoms with E-state index in [2.05, 4.69) is 5.32 Å². The summed E-state index contributed by atoms with van der Waals surface area (Å²) < 4.78 is 0. The van der Waals surface area contributed by atoms with Gasteiger partial charge in [-0.2, -0.15) is 0 Å². The van der Waals surface area contributed by atoms with Crippen LogP contribution in [0.25, 0.3) is 0 Å². The van der Waals surface area contributed by atoms with Gasteiger partial charge < -0.3 is 5.32 Å². The number of rotatable bonds is 3. The number of nitrogens with one attached hydrogen (secondary N) is 1. The lowest BCUT2D eigenvalue weighted by Crippen LogP contribution is -2.13. The van der Waals surface area contributed by atoms with Crippen LogP contribution in [0, 0.1) is 0 Å². The normalized spacial score (nSPS) is 12.6. The molecule has 0 saturated heterocycles. The van der Waals surface area contributed by atoms with Crippen molar-refractivity contribution in [3.8, 4) is 0 Å². The Hall–Kier alpha value is -0.110. The molecule has 1 aromatic rings. The molecule has 0 saturated carbocycles. The Bertz CT molecular complexity index is 252. The van der Waals surface area contributed by atoms with Crippen molar-refractivity contribution in [1.29, 1.82) is 0 Å². The van der Waals surface area contributed by atoms with Gasteiger partial charge >= 0.3 is 0 Å². The average molecular weight is 225 g/mol. The minimum atomic E-state index is -0.259. The topological polar surface area (TPSA) is 12.0 Å². The molecule has 0 aromatic heterocycles. The first-order chi connectivity index (χ1) is 5.72. The van der Waals surface area contributed by atoms with E-state index in [1.807, 2.05) is 12.1 Å². The second-order valence-corrected chi connectivity index (χ2v) is 3.55. The van der Waals surface area contributed by atoms with Gasteiger partial charge in [0.2, 0.25) is 0 Å². The Labute approximate surface area is 86.6 Å². The minimum Gasteiger partial charge on any atom is -0.368 e. The highest BCUT2D eigenvalue weighted by molar-refractivity contribution is 6.31. The fourth-order valence-electron chi connectivity index (χ4n) is 0.798. The highest BCUT2D eigenvalue weighted by atomic mass is 35.5. The van der Waals surface area contributed by atoms with Crippen molar-refractivity contribution in [3.05, 3.63) is 29.3 Å². The predicted octanol–water partition coefficient (Wildman–Crippen LogP) is 3.56. The van der Waals surface area contributed by atoms with Gasteiger partial charge in [0.25, 0.3) is 0 Å². The van der Waals surface area contributed by atoms with Crippen LogP contribution in [0.4, 0.5) is 5.69 Å². The number of halogens is 3. The molecule has 1 atom stereocenters. The minimum absolute atomic E-state index is 0.259. The zero-order valence-electron chi connectivity index (χ0n) is 6.23. The highest BCUT2D eigenvalue weighted by Gasteiger charge is 2.01. The third-order valence-electron chi connectivity index (χ3n) is 1.28. The molecule has 0 heterocycles. The maximum Gasteiger partial charge on any atom is 0.115 e. The summed E-state index contributed by atoms with van der Waals surface area (Å²) >= 11 is 17.0. The highest BCUT2D eigenvalue weighted by Crippen LogP contribution is 2.16. The smallest absolute Gasteiger partial charge is 0.115 e. The summed E-state index contributed by atoms with van der Waals surface area (Å²) in [5.41, 5.74) is 0.619. The largest absolute Gasteiger partial charge is 0.368 e. The van der Waals surface area contributed by atoms with Gasteiger partial charge in [-0.25, -0.2) is 0 Å². The van der Waals surface area contributed by atoms with Crippen molar-refractivity contribution in [2.24, 2.45) is 0 Å². The molecule has 0 fully saturated rings. The molecule has 0 amide bonds. The summed E-state index contributed by atoms with van der Waals surface area (Å²) in [6.45, 7) is 0. The Morgan fingerprint density at radius 1 is 1.42 bits per heavy atom. The van der Waals surface area contributed by atoms with E-state index in [1.165, 1.54) is 0 Å². The van der Waals surface area contributed by atoms with E-state index in [4.69, 9.17) is 34.8 Å². The number of anilines is 1. The maximum atomic E-state index is 5.77. The molecule has 0 aliphatic heterocycles. The van der Waals surface area contributed by atoms with Crippen LogP contribution in [0.5, 0.6) is 0 Å². The SMILES string of the molecule is ClCC(Cl)Nc1cccc(Cl)c1. The third-order valence-corrected chi connectivity index (χ3v) is 2.25. The first-order valence-electron chi connectivity index (χ1n) is 3.44. The fourth-order valence-corrected chi connectivity index (χ4v) is 1.19. The quantitative estimate of drug-likeness (QED) is 0.611. The second-order valence-electron chi connectivity index (χ2n) is 2.28. The third kappa shape index (κ3) is 3.10. The van der Waals surface area contributed by atoms with Crippen molar-refractivity contribution in [3.63, 3.8) is 0 Å². The Morgan fingerprint density at radius 2 is 2.17 bits per heavy atom. The summed E-state index contributed by atoms with van der Waals surface area (Å²) in [6.07, 6.45) is 0. The molecule has 0 bridgehead atoms. The van der Waals surface area contributed by atoms with Crippen molar-refractivity contribution in [1.82, 2.24) is 0 Å². The monoisotopic (exact) mass is 223 g/mol. The van der Waals surface area contributed by atoms with Crippen LogP contribution < -0.4 is 5.32 Å². The van der Waals surface area contributed by atoms with Gasteiger partial charge in [-0.3, -0.25) is 0 Å². The summed E-state index contributed by atoms with van der Waals surface area (Å²) in [4.78, 5) is 0. The number of alkyl halides is 2. The lowest BCUT2D eigenvalue weighted by atomic mass is 10.3. The zero-order chi connectivity index (χ0) is 8.97. The van der Waals surface area contributed by atoms with Crippen LogP contribution >= 0.6 is 34.8 Å². The number of benzene rings is 1. The Morgan fingerprint density at radius 3 is 2.75 bits per heavy atom. The van der Waals surface area contributed by atoms with E-state index in [-0.39, 0.29) is 5.50 Å². The average Bonchev–Trinajstić information content (AvgIpc) is 2.04. The van der Waals surface area contributed by atoms with Gasteiger partial charge in [-0.15, -0.1) is 11.6 Å². The van der Waals surface area contributed by atoms with Crippen LogP contribution in [-0.4, -0.2) is 11.4 Å². The van der Waals surface area contributed by atoms with Crippen LogP contribution in [-0.2, 0) is 0 Å². The number of hydrogen-bond acceptors (Lipinski definition) is 1. The van der Waals surface area contributed by atoms with Crippen molar-refractivity contribution < 1.29 is 0 Å². The summed E-state index contributed by atoms with van der Waals surface area (Å²) in [5.74, 6) is 0.355. The fraction of sp³-hybridized carbons (Fsp3) is 0.250. The summed E-state index contributed by atoms with van der Waals surface area (Å²) in [6, 6.07) is 7.33. The molecule has 0 radical (unpaired) electrons. The Kier molecular flexibility index (Phi) is 3.99. The van der Waals surface area contributed by atoms with Gasteiger partial charge in [0.05, 0.1) is 5.88 Å². The van der Waals surface area contributed by atoms with Crippen LogP contribution in [0.15, 0.2) is 24.3 Å². The van der Waals surface area contributed by atoms with Gasteiger partial charge in [0.1, 0.15) is 5.50 Å². The van der Waals surface area contributed by atoms with Gasteiger partial charge in [-0.05, 0) is 18.2 Å². The molecule has 0 aliphatic carbocycles. The Balaban J connectivity index is 2.63. The maximum absolute atomic E-state index is 5.77. The molecule has 1 nitrogen and oxygen atoms in total. The van der Waals surface area contributed by atoms with Crippen LogP contribution in [0.2, 0.25) is 5.02 Å². The molecule has 0 aliphatic rings. The molecule has 1 rings (SSSR count). The lowest BCUT2D eigenvalue weighted by Gasteiger charge is -2.09.